The third-order valence-electron chi connectivity index (χ3n) is 4.21. The van der Waals surface area contributed by atoms with Crippen LogP contribution in [-0.2, 0) is 6.54 Å². The monoisotopic (exact) mass is 374 g/mol. The summed E-state index contributed by atoms with van der Waals surface area (Å²) >= 11 is 12.2. The molecule has 0 radical (unpaired) electrons. The molecule has 2 aromatic carbocycles. The van der Waals surface area contributed by atoms with E-state index in [0.29, 0.717) is 22.0 Å². The molecule has 0 bridgehead atoms. The summed E-state index contributed by atoms with van der Waals surface area (Å²) in [7, 11) is 4.06. The fraction of sp³-hybridized carbons (Fsp3) is 0.250. The Bertz CT molecular complexity index is 946. The summed E-state index contributed by atoms with van der Waals surface area (Å²) in [5, 5.41) is 2.80. The highest BCUT2D eigenvalue weighted by Gasteiger charge is 2.11. The molecule has 0 saturated carbocycles. The Labute approximate surface area is 157 Å². The van der Waals surface area contributed by atoms with E-state index in [4.69, 9.17) is 23.2 Å². The maximum absolute atomic E-state index is 12.9. The summed E-state index contributed by atoms with van der Waals surface area (Å²) in [6.45, 7) is 1.59. The van der Waals surface area contributed by atoms with E-state index in [1.165, 1.54) is 0 Å². The Balaban J connectivity index is 2.15. The van der Waals surface area contributed by atoms with Crippen LogP contribution in [0.3, 0.4) is 0 Å². The second-order valence-corrected chi connectivity index (χ2v) is 7.27. The summed E-state index contributed by atoms with van der Waals surface area (Å²) in [4.78, 5) is 15.0. The molecule has 3 aromatic rings. The Morgan fingerprint density at radius 1 is 0.960 bits per heavy atom. The SMILES string of the molecule is CN(C)CCCn1cc(-c2ccc(Cl)cc2)c2ccc(Cl)cc2c1=O. The third-order valence-corrected chi connectivity index (χ3v) is 4.69. The van der Waals surface area contributed by atoms with Crippen molar-refractivity contribution in [2.24, 2.45) is 0 Å². The van der Waals surface area contributed by atoms with Gasteiger partial charge in [0.1, 0.15) is 0 Å². The van der Waals surface area contributed by atoms with Gasteiger partial charge in [0.15, 0.2) is 0 Å². The number of hydrogen-bond acceptors (Lipinski definition) is 2. The van der Waals surface area contributed by atoms with Gasteiger partial charge in [-0.15, -0.1) is 0 Å². The zero-order chi connectivity index (χ0) is 18.0. The molecule has 0 atom stereocenters. The van der Waals surface area contributed by atoms with Crippen molar-refractivity contribution in [1.29, 1.82) is 0 Å². The van der Waals surface area contributed by atoms with Gasteiger partial charge in [-0.1, -0.05) is 41.4 Å². The van der Waals surface area contributed by atoms with Gasteiger partial charge in [-0.25, -0.2) is 0 Å². The van der Waals surface area contributed by atoms with E-state index in [9.17, 15) is 4.79 Å². The summed E-state index contributed by atoms with van der Waals surface area (Å²) in [5.41, 5.74) is 2.03. The van der Waals surface area contributed by atoms with Crippen LogP contribution < -0.4 is 5.56 Å². The molecule has 130 valence electrons. The first-order valence-corrected chi connectivity index (χ1v) is 8.94. The highest BCUT2D eigenvalue weighted by molar-refractivity contribution is 6.31. The van der Waals surface area contributed by atoms with Crippen LogP contribution in [0.5, 0.6) is 0 Å². The molecule has 0 saturated heterocycles. The number of benzene rings is 2. The molecular formula is C20H20Cl2N2O. The number of aryl methyl sites for hydroxylation is 1. The highest BCUT2D eigenvalue weighted by Crippen LogP contribution is 2.29. The molecule has 3 rings (SSSR count). The molecule has 1 heterocycles. The molecule has 0 aliphatic rings. The van der Waals surface area contributed by atoms with Crippen molar-refractivity contribution in [3.8, 4) is 11.1 Å². The molecule has 0 spiro atoms. The number of rotatable bonds is 5. The minimum atomic E-state index is -0.00558. The minimum Gasteiger partial charge on any atom is -0.314 e. The van der Waals surface area contributed by atoms with Crippen LogP contribution in [0.2, 0.25) is 10.0 Å². The van der Waals surface area contributed by atoms with Crippen molar-refractivity contribution in [3.63, 3.8) is 0 Å². The number of hydrogen-bond donors (Lipinski definition) is 0. The van der Waals surface area contributed by atoms with Crippen LogP contribution in [0.25, 0.3) is 21.9 Å². The largest absolute Gasteiger partial charge is 0.314 e. The van der Waals surface area contributed by atoms with Crippen LogP contribution in [0.15, 0.2) is 53.5 Å². The molecular weight excluding hydrogens is 355 g/mol. The lowest BCUT2D eigenvalue weighted by atomic mass is 10.0. The minimum absolute atomic E-state index is 0.00558. The third kappa shape index (κ3) is 4.06. The average molecular weight is 375 g/mol. The average Bonchev–Trinajstić information content (AvgIpc) is 2.58. The topological polar surface area (TPSA) is 25.2 Å². The van der Waals surface area contributed by atoms with E-state index in [1.54, 1.807) is 10.6 Å². The zero-order valence-corrected chi connectivity index (χ0v) is 15.8. The Kier molecular flexibility index (Phi) is 5.48. The molecule has 0 amide bonds. The highest BCUT2D eigenvalue weighted by atomic mass is 35.5. The van der Waals surface area contributed by atoms with Gasteiger partial charge in [-0.05, 0) is 62.3 Å². The summed E-state index contributed by atoms with van der Waals surface area (Å²) < 4.78 is 1.78. The van der Waals surface area contributed by atoms with Crippen LogP contribution in [-0.4, -0.2) is 30.1 Å². The number of nitrogens with zero attached hydrogens (tertiary/aromatic N) is 2. The summed E-state index contributed by atoms with van der Waals surface area (Å²) in [6.07, 6.45) is 2.84. The first-order valence-electron chi connectivity index (χ1n) is 8.19. The van der Waals surface area contributed by atoms with E-state index in [-0.39, 0.29) is 5.56 Å². The van der Waals surface area contributed by atoms with Crippen molar-refractivity contribution < 1.29 is 0 Å². The smallest absolute Gasteiger partial charge is 0.258 e. The van der Waals surface area contributed by atoms with Gasteiger partial charge in [0.25, 0.3) is 5.56 Å². The predicted octanol–water partition coefficient (Wildman–Crippen LogP) is 4.93. The van der Waals surface area contributed by atoms with Crippen LogP contribution in [0, 0.1) is 0 Å². The first kappa shape index (κ1) is 18.0. The van der Waals surface area contributed by atoms with E-state index in [2.05, 4.69) is 4.90 Å². The Morgan fingerprint density at radius 2 is 1.64 bits per heavy atom. The number of fused-ring (bicyclic) bond motifs is 1. The fourth-order valence-electron chi connectivity index (χ4n) is 2.95. The van der Waals surface area contributed by atoms with Crippen LogP contribution >= 0.6 is 23.2 Å². The molecule has 0 aliphatic heterocycles. The quantitative estimate of drug-likeness (QED) is 0.632. The van der Waals surface area contributed by atoms with E-state index in [1.807, 2.05) is 56.7 Å². The number of pyridine rings is 1. The van der Waals surface area contributed by atoms with E-state index >= 15 is 0 Å². The number of aromatic nitrogens is 1. The molecule has 0 aliphatic carbocycles. The van der Waals surface area contributed by atoms with Crippen molar-refractivity contribution in [1.82, 2.24) is 9.47 Å². The van der Waals surface area contributed by atoms with E-state index < -0.39 is 0 Å². The number of halogens is 2. The molecule has 1 aromatic heterocycles. The second kappa shape index (κ2) is 7.61. The summed E-state index contributed by atoms with van der Waals surface area (Å²) in [5.74, 6) is 0. The zero-order valence-electron chi connectivity index (χ0n) is 14.3. The van der Waals surface area contributed by atoms with Crippen molar-refractivity contribution >= 4 is 34.0 Å². The van der Waals surface area contributed by atoms with Gasteiger partial charge in [0.05, 0.1) is 0 Å². The van der Waals surface area contributed by atoms with Gasteiger partial charge in [-0.2, -0.15) is 0 Å². The lowest BCUT2D eigenvalue weighted by Gasteiger charge is -2.14. The first-order chi connectivity index (χ1) is 12.0. The molecule has 5 heteroatoms. The van der Waals surface area contributed by atoms with Gasteiger partial charge < -0.3 is 9.47 Å². The fourth-order valence-corrected chi connectivity index (χ4v) is 3.25. The molecule has 3 nitrogen and oxygen atoms in total. The summed E-state index contributed by atoms with van der Waals surface area (Å²) in [6, 6.07) is 13.1. The van der Waals surface area contributed by atoms with Crippen LogP contribution in [0.1, 0.15) is 6.42 Å². The van der Waals surface area contributed by atoms with Gasteiger partial charge in [0, 0.05) is 33.7 Å². The van der Waals surface area contributed by atoms with Gasteiger partial charge in [-0.3, -0.25) is 4.79 Å². The molecule has 0 unspecified atom stereocenters. The maximum Gasteiger partial charge on any atom is 0.258 e. The van der Waals surface area contributed by atoms with Gasteiger partial charge in [0.2, 0.25) is 0 Å². The van der Waals surface area contributed by atoms with Gasteiger partial charge >= 0.3 is 0 Å². The molecule has 0 fully saturated rings. The van der Waals surface area contributed by atoms with E-state index in [0.717, 1.165) is 29.5 Å². The second-order valence-electron chi connectivity index (χ2n) is 6.39. The van der Waals surface area contributed by atoms with Crippen molar-refractivity contribution in [3.05, 3.63) is 69.1 Å². The lowest BCUT2D eigenvalue weighted by molar-refractivity contribution is 0.385. The molecule has 0 N–H and O–H groups in total. The Morgan fingerprint density at radius 3 is 2.32 bits per heavy atom. The normalized spacial score (nSPS) is 11.4. The maximum atomic E-state index is 12.9. The van der Waals surface area contributed by atoms with Crippen molar-refractivity contribution in [2.45, 2.75) is 13.0 Å². The Hall–Kier alpha value is -1.81. The van der Waals surface area contributed by atoms with Crippen molar-refractivity contribution in [2.75, 3.05) is 20.6 Å². The lowest BCUT2D eigenvalue weighted by Crippen LogP contribution is -2.23. The molecule has 25 heavy (non-hydrogen) atoms. The predicted molar refractivity (Wildman–Crippen MR) is 107 cm³/mol. The van der Waals surface area contributed by atoms with Crippen LogP contribution in [0.4, 0.5) is 0 Å². The standard InChI is InChI=1S/C20H20Cl2N2O/c1-23(2)10-3-11-24-13-19(14-4-6-15(21)7-5-14)17-9-8-16(22)12-18(17)20(24)25/h4-9,12-13H,3,10-11H2,1-2H3.